The first-order valence-corrected chi connectivity index (χ1v) is 7.62. The number of nitrogens with zero attached hydrogens (tertiary/aromatic N) is 4. The molecule has 112 valence electrons. The molecule has 0 atom stereocenters. The predicted octanol–water partition coefficient (Wildman–Crippen LogP) is 1.47. The molecular formula is C15H21N5O. The van der Waals surface area contributed by atoms with Crippen molar-refractivity contribution in [3.63, 3.8) is 0 Å². The standard InChI is InChI=1S/C15H21N5O/c1-2-8-16-14(21)12-6-10-19(11-7-12)15-18-17-13-5-3-4-9-20(13)15/h3-5,9,12H,2,6-8,10-11H2,1H3,(H,16,21). The lowest BCUT2D eigenvalue weighted by Crippen LogP contribution is -2.41. The Balaban J connectivity index is 1.64. The van der Waals surface area contributed by atoms with E-state index in [1.165, 1.54) is 0 Å². The molecule has 0 spiro atoms. The largest absolute Gasteiger partial charge is 0.356 e. The summed E-state index contributed by atoms with van der Waals surface area (Å²) < 4.78 is 2.00. The molecule has 0 aliphatic carbocycles. The van der Waals surface area contributed by atoms with E-state index < -0.39 is 0 Å². The zero-order valence-corrected chi connectivity index (χ0v) is 12.3. The maximum atomic E-state index is 12.0. The van der Waals surface area contributed by atoms with Crippen LogP contribution in [0.5, 0.6) is 0 Å². The molecule has 1 saturated heterocycles. The van der Waals surface area contributed by atoms with E-state index in [0.717, 1.165) is 50.5 Å². The number of carbonyl (C=O) groups excluding carboxylic acids is 1. The van der Waals surface area contributed by atoms with Gasteiger partial charge in [0.25, 0.3) is 0 Å². The van der Waals surface area contributed by atoms with Crippen molar-refractivity contribution < 1.29 is 4.79 Å². The van der Waals surface area contributed by atoms with E-state index in [-0.39, 0.29) is 11.8 Å². The van der Waals surface area contributed by atoms with Crippen LogP contribution in [-0.4, -0.2) is 40.1 Å². The second kappa shape index (κ2) is 6.11. The Kier molecular flexibility index (Phi) is 4.03. The summed E-state index contributed by atoms with van der Waals surface area (Å²) in [6.07, 6.45) is 4.70. The number of pyridine rings is 1. The van der Waals surface area contributed by atoms with Crippen LogP contribution in [0.15, 0.2) is 24.4 Å². The minimum atomic E-state index is 0.131. The molecule has 21 heavy (non-hydrogen) atoms. The SMILES string of the molecule is CCCNC(=O)C1CCN(c2nnc3ccccn23)CC1. The molecule has 3 heterocycles. The van der Waals surface area contributed by atoms with Gasteiger partial charge in [0.1, 0.15) is 0 Å². The molecule has 0 unspecified atom stereocenters. The summed E-state index contributed by atoms with van der Waals surface area (Å²) in [6, 6.07) is 5.88. The molecule has 1 aliphatic heterocycles. The molecule has 0 aromatic carbocycles. The monoisotopic (exact) mass is 287 g/mol. The number of piperidine rings is 1. The first-order chi connectivity index (χ1) is 10.3. The highest BCUT2D eigenvalue weighted by molar-refractivity contribution is 5.78. The van der Waals surface area contributed by atoms with Crippen LogP contribution in [0.1, 0.15) is 26.2 Å². The summed E-state index contributed by atoms with van der Waals surface area (Å²) in [5, 5.41) is 11.4. The van der Waals surface area contributed by atoms with Crippen LogP contribution >= 0.6 is 0 Å². The number of anilines is 1. The van der Waals surface area contributed by atoms with E-state index in [1.54, 1.807) is 0 Å². The first-order valence-electron chi connectivity index (χ1n) is 7.62. The fourth-order valence-electron chi connectivity index (χ4n) is 2.78. The van der Waals surface area contributed by atoms with Crippen LogP contribution in [0.2, 0.25) is 0 Å². The quantitative estimate of drug-likeness (QED) is 0.925. The van der Waals surface area contributed by atoms with Gasteiger partial charge >= 0.3 is 0 Å². The minimum Gasteiger partial charge on any atom is -0.356 e. The highest BCUT2D eigenvalue weighted by atomic mass is 16.1. The maximum Gasteiger partial charge on any atom is 0.231 e. The number of hydrogen-bond acceptors (Lipinski definition) is 4. The van der Waals surface area contributed by atoms with Crippen molar-refractivity contribution in [3.8, 4) is 0 Å². The molecule has 2 aromatic heterocycles. The molecule has 3 rings (SSSR count). The predicted molar refractivity (Wildman–Crippen MR) is 81.2 cm³/mol. The summed E-state index contributed by atoms with van der Waals surface area (Å²) >= 11 is 0. The van der Waals surface area contributed by atoms with Crippen LogP contribution in [0, 0.1) is 5.92 Å². The number of amides is 1. The van der Waals surface area contributed by atoms with Gasteiger partial charge in [0.15, 0.2) is 5.65 Å². The van der Waals surface area contributed by atoms with Crippen LogP contribution in [0.4, 0.5) is 5.95 Å². The third-order valence-electron chi connectivity index (χ3n) is 3.99. The van der Waals surface area contributed by atoms with Gasteiger partial charge in [-0.05, 0) is 31.4 Å². The molecule has 6 heteroatoms. The summed E-state index contributed by atoms with van der Waals surface area (Å²) in [6.45, 7) is 4.53. The van der Waals surface area contributed by atoms with Crippen molar-refractivity contribution in [3.05, 3.63) is 24.4 Å². The van der Waals surface area contributed by atoms with E-state index in [0.29, 0.717) is 0 Å². The Bertz CT molecular complexity index is 615. The van der Waals surface area contributed by atoms with Crippen LogP contribution in [-0.2, 0) is 4.79 Å². The topological polar surface area (TPSA) is 62.5 Å². The average Bonchev–Trinajstić information content (AvgIpc) is 2.97. The molecule has 1 amide bonds. The van der Waals surface area contributed by atoms with Crippen LogP contribution < -0.4 is 10.2 Å². The van der Waals surface area contributed by atoms with Crippen molar-refractivity contribution in [1.82, 2.24) is 19.9 Å². The zero-order valence-electron chi connectivity index (χ0n) is 12.3. The van der Waals surface area contributed by atoms with Crippen molar-refractivity contribution in [1.29, 1.82) is 0 Å². The fraction of sp³-hybridized carbons (Fsp3) is 0.533. The second-order valence-electron chi connectivity index (χ2n) is 5.48. The summed E-state index contributed by atoms with van der Waals surface area (Å²) in [5.74, 6) is 1.20. The molecular weight excluding hydrogens is 266 g/mol. The number of carbonyl (C=O) groups is 1. The fourth-order valence-corrected chi connectivity index (χ4v) is 2.78. The third kappa shape index (κ3) is 2.84. The number of aromatic nitrogens is 3. The molecule has 6 nitrogen and oxygen atoms in total. The molecule has 0 bridgehead atoms. The lowest BCUT2D eigenvalue weighted by atomic mass is 9.96. The summed E-state index contributed by atoms with van der Waals surface area (Å²) in [5.41, 5.74) is 0.857. The average molecular weight is 287 g/mol. The summed E-state index contributed by atoms with van der Waals surface area (Å²) in [7, 11) is 0. The minimum absolute atomic E-state index is 0.131. The Labute approximate surface area is 124 Å². The third-order valence-corrected chi connectivity index (χ3v) is 3.99. The van der Waals surface area contributed by atoms with Gasteiger partial charge in [-0.2, -0.15) is 0 Å². The van der Waals surface area contributed by atoms with Crippen molar-refractivity contribution in [2.45, 2.75) is 26.2 Å². The highest BCUT2D eigenvalue weighted by Crippen LogP contribution is 2.22. The molecule has 0 saturated carbocycles. The lowest BCUT2D eigenvalue weighted by molar-refractivity contribution is -0.125. The Morgan fingerprint density at radius 3 is 2.90 bits per heavy atom. The van der Waals surface area contributed by atoms with Gasteiger partial charge < -0.3 is 10.2 Å². The zero-order chi connectivity index (χ0) is 14.7. The van der Waals surface area contributed by atoms with Gasteiger partial charge in [0, 0.05) is 31.7 Å². The Morgan fingerprint density at radius 1 is 1.33 bits per heavy atom. The highest BCUT2D eigenvalue weighted by Gasteiger charge is 2.26. The van der Waals surface area contributed by atoms with E-state index in [2.05, 4.69) is 27.3 Å². The van der Waals surface area contributed by atoms with Crippen LogP contribution in [0.25, 0.3) is 5.65 Å². The van der Waals surface area contributed by atoms with Gasteiger partial charge in [0.05, 0.1) is 0 Å². The Hall–Kier alpha value is -2.11. The second-order valence-corrected chi connectivity index (χ2v) is 5.48. The normalized spacial score (nSPS) is 16.3. The van der Waals surface area contributed by atoms with Crippen molar-refractivity contribution in [2.75, 3.05) is 24.5 Å². The smallest absolute Gasteiger partial charge is 0.231 e. The maximum absolute atomic E-state index is 12.0. The molecule has 2 aromatic rings. The van der Waals surface area contributed by atoms with Gasteiger partial charge in [-0.15, -0.1) is 10.2 Å². The van der Waals surface area contributed by atoms with Crippen molar-refractivity contribution in [2.24, 2.45) is 5.92 Å². The van der Waals surface area contributed by atoms with E-state index in [9.17, 15) is 4.79 Å². The Morgan fingerprint density at radius 2 is 2.14 bits per heavy atom. The van der Waals surface area contributed by atoms with E-state index >= 15 is 0 Å². The molecule has 1 fully saturated rings. The lowest BCUT2D eigenvalue weighted by Gasteiger charge is -2.31. The van der Waals surface area contributed by atoms with Crippen LogP contribution in [0.3, 0.4) is 0 Å². The van der Waals surface area contributed by atoms with Crippen molar-refractivity contribution >= 4 is 17.5 Å². The van der Waals surface area contributed by atoms with Gasteiger partial charge in [-0.1, -0.05) is 13.0 Å². The van der Waals surface area contributed by atoms with Gasteiger partial charge in [-0.3, -0.25) is 9.20 Å². The van der Waals surface area contributed by atoms with Gasteiger partial charge in [-0.25, -0.2) is 0 Å². The summed E-state index contributed by atoms with van der Waals surface area (Å²) in [4.78, 5) is 14.2. The number of rotatable bonds is 4. The number of hydrogen-bond donors (Lipinski definition) is 1. The van der Waals surface area contributed by atoms with E-state index in [4.69, 9.17) is 0 Å². The molecule has 0 radical (unpaired) electrons. The molecule has 1 aliphatic rings. The van der Waals surface area contributed by atoms with Gasteiger partial charge in [0.2, 0.25) is 11.9 Å². The van der Waals surface area contributed by atoms with E-state index in [1.807, 2.05) is 28.8 Å². The first kappa shape index (κ1) is 13.9. The number of fused-ring (bicyclic) bond motifs is 1. The number of nitrogens with one attached hydrogen (secondary N) is 1. The molecule has 1 N–H and O–H groups in total.